The van der Waals surface area contributed by atoms with Gasteiger partial charge in [-0.15, -0.1) is 10.2 Å². The highest BCUT2D eigenvalue weighted by molar-refractivity contribution is 6.31. The van der Waals surface area contributed by atoms with E-state index in [4.69, 9.17) is 26.3 Å². The lowest BCUT2D eigenvalue weighted by Gasteiger charge is -2.33. The van der Waals surface area contributed by atoms with E-state index in [1.54, 1.807) is 35.2 Å². The Labute approximate surface area is 334 Å². The Hall–Kier alpha value is -5.72. The van der Waals surface area contributed by atoms with Gasteiger partial charge in [-0.1, -0.05) is 17.7 Å². The SMILES string of the molecule is N#Cc1ccc(OC2CCC(NC(=O)c3ccc(O[C@H]4CCN(C(=O)CN5CCC(n6ccc7c(N8CCC(=O)NC8=O)cccc76)CC5)C4)nn3)CC2)cc1Cl. The molecule has 4 aliphatic rings. The molecule has 1 atom stereocenters. The minimum Gasteiger partial charge on any atom is -0.490 e. The summed E-state index contributed by atoms with van der Waals surface area (Å²) in [6, 6.07) is 18.2. The predicted octanol–water partition coefficient (Wildman–Crippen LogP) is 4.84. The molecule has 15 nitrogen and oxygen atoms in total. The molecule has 5 heterocycles. The Bertz CT molecular complexity index is 2190. The van der Waals surface area contributed by atoms with Crippen LogP contribution in [-0.4, -0.2) is 106 Å². The lowest BCUT2D eigenvalue weighted by Crippen LogP contribution is -2.49. The topological polar surface area (TPSA) is 175 Å². The number of halogens is 1. The predicted molar refractivity (Wildman–Crippen MR) is 210 cm³/mol. The second-order valence-corrected chi connectivity index (χ2v) is 15.5. The summed E-state index contributed by atoms with van der Waals surface area (Å²) in [7, 11) is 0. The number of nitriles is 1. The van der Waals surface area contributed by atoms with E-state index in [1.807, 2.05) is 29.2 Å². The number of rotatable bonds is 10. The molecule has 57 heavy (non-hydrogen) atoms. The molecule has 1 saturated carbocycles. The monoisotopic (exact) mass is 793 g/mol. The van der Waals surface area contributed by atoms with Gasteiger partial charge in [-0.2, -0.15) is 5.26 Å². The molecule has 2 N–H and O–H groups in total. The molecule has 1 aliphatic carbocycles. The Kier molecular flexibility index (Phi) is 11.2. The number of aromatic nitrogens is 3. The number of carbonyl (C=O) groups excluding carboxylic acids is 4. The third kappa shape index (κ3) is 8.67. The number of piperidine rings is 1. The first-order valence-corrected chi connectivity index (χ1v) is 20.0. The molecule has 8 rings (SSSR count). The molecule has 16 heteroatoms. The van der Waals surface area contributed by atoms with Gasteiger partial charge in [-0.3, -0.25) is 29.5 Å². The molecule has 4 aromatic rings. The average molecular weight is 794 g/mol. The number of nitrogens with zero attached hydrogens (tertiary/aromatic N) is 7. The largest absolute Gasteiger partial charge is 0.490 e. The third-order valence-electron chi connectivity index (χ3n) is 11.4. The molecule has 296 valence electrons. The summed E-state index contributed by atoms with van der Waals surface area (Å²) in [5.74, 6) is 0.467. The highest BCUT2D eigenvalue weighted by Crippen LogP contribution is 2.34. The Balaban J connectivity index is 0.756. The zero-order chi connectivity index (χ0) is 39.5. The van der Waals surface area contributed by atoms with Crippen molar-refractivity contribution in [1.82, 2.24) is 35.2 Å². The van der Waals surface area contributed by atoms with Crippen molar-refractivity contribution in [2.24, 2.45) is 0 Å². The first kappa shape index (κ1) is 38.2. The van der Waals surface area contributed by atoms with Gasteiger partial charge in [0.1, 0.15) is 17.9 Å². The first-order valence-electron chi connectivity index (χ1n) is 19.6. The average Bonchev–Trinajstić information content (AvgIpc) is 3.87. The van der Waals surface area contributed by atoms with Gasteiger partial charge in [-0.05, 0) is 74.9 Å². The summed E-state index contributed by atoms with van der Waals surface area (Å²) in [6.45, 7) is 3.35. The number of nitrogens with one attached hydrogen (secondary N) is 2. The lowest BCUT2D eigenvalue weighted by atomic mass is 9.93. The lowest BCUT2D eigenvalue weighted by molar-refractivity contribution is -0.132. The Morgan fingerprint density at radius 1 is 0.912 bits per heavy atom. The molecule has 0 radical (unpaired) electrons. The summed E-state index contributed by atoms with van der Waals surface area (Å²) in [4.78, 5) is 56.1. The molecule has 4 fully saturated rings. The number of hydrogen-bond acceptors (Lipinski definition) is 10. The van der Waals surface area contributed by atoms with Crippen molar-refractivity contribution in [3.05, 3.63) is 77.1 Å². The van der Waals surface area contributed by atoms with E-state index in [-0.39, 0.29) is 54.1 Å². The minimum absolute atomic E-state index is 0.0000466. The zero-order valence-electron chi connectivity index (χ0n) is 31.4. The molecule has 2 aromatic carbocycles. The van der Waals surface area contributed by atoms with Gasteiger partial charge in [0.25, 0.3) is 5.91 Å². The number of ether oxygens (including phenoxy) is 2. The summed E-state index contributed by atoms with van der Waals surface area (Å²) in [5.41, 5.74) is 2.46. The van der Waals surface area contributed by atoms with E-state index < -0.39 is 6.03 Å². The van der Waals surface area contributed by atoms with Crippen LogP contribution in [0.1, 0.15) is 73.5 Å². The van der Waals surface area contributed by atoms with Crippen molar-refractivity contribution in [3.8, 4) is 17.7 Å². The molecule has 0 bridgehead atoms. The fraction of sp³-hybridized carbons (Fsp3) is 0.439. The van der Waals surface area contributed by atoms with E-state index >= 15 is 0 Å². The molecule has 0 spiro atoms. The Morgan fingerprint density at radius 2 is 1.74 bits per heavy atom. The van der Waals surface area contributed by atoms with Crippen LogP contribution in [-0.2, 0) is 9.59 Å². The van der Waals surface area contributed by atoms with Crippen LogP contribution in [0, 0.1) is 11.3 Å². The van der Waals surface area contributed by atoms with E-state index in [9.17, 15) is 19.2 Å². The van der Waals surface area contributed by atoms with Gasteiger partial charge in [0.05, 0.1) is 41.0 Å². The molecular formula is C41H44ClN9O6. The van der Waals surface area contributed by atoms with Gasteiger partial charge in [0.15, 0.2) is 5.69 Å². The third-order valence-corrected chi connectivity index (χ3v) is 11.7. The van der Waals surface area contributed by atoms with Gasteiger partial charge >= 0.3 is 6.03 Å². The zero-order valence-corrected chi connectivity index (χ0v) is 32.2. The van der Waals surface area contributed by atoms with Crippen LogP contribution < -0.4 is 25.0 Å². The molecule has 3 saturated heterocycles. The van der Waals surface area contributed by atoms with Crippen LogP contribution in [0.4, 0.5) is 10.5 Å². The first-order chi connectivity index (χ1) is 27.7. The molecule has 5 amide bonds. The van der Waals surface area contributed by atoms with Crippen molar-refractivity contribution >= 4 is 51.9 Å². The molecule has 3 aliphatic heterocycles. The van der Waals surface area contributed by atoms with E-state index in [0.29, 0.717) is 54.8 Å². The van der Waals surface area contributed by atoms with Crippen molar-refractivity contribution < 1.29 is 28.7 Å². The molecule has 0 unspecified atom stereocenters. The second kappa shape index (κ2) is 16.8. The smallest absolute Gasteiger partial charge is 0.328 e. The van der Waals surface area contributed by atoms with Crippen molar-refractivity contribution in [2.45, 2.75) is 75.7 Å². The normalized spacial score (nSPS) is 21.9. The fourth-order valence-corrected chi connectivity index (χ4v) is 8.54. The highest BCUT2D eigenvalue weighted by Gasteiger charge is 2.32. The number of likely N-dealkylation sites (tertiary alicyclic amines) is 2. The number of urea groups is 1. The summed E-state index contributed by atoms with van der Waals surface area (Å²) in [5, 5.41) is 24.1. The number of carbonyl (C=O) groups is 4. The maximum Gasteiger partial charge on any atom is 0.328 e. The Morgan fingerprint density at radius 3 is 2.47 bits per heavy atom. The number of benzene rings is 2. The van der Waals surface area contributed by atoms with E-state index in [0.717, 1.165) is 68.2 Å². The number of imide groups is 1. The number of hydrogen-bond donors (Lipinski definition) is 2. The number of anilines is 1. The van der Waals surface area contributed by atoms with Crippen molar-refractivity contribution in [2.75, 3.05) is 44.2 Å². The van der Waals surface area contributed by atoms with Crippen LogP contribution in [0.2, 0.25) is 5.02 Å². The van der Waals surface area contributed by atoms with Gasteiger partial charge < -0.3 is 24.3 Å². The summed E-state index contributed by atoms with van der Waals surface area (Å²) >= 11 is 6.14. The quantitative estimate of drug-likeness (QED) is 0.226. The van der Waals surface area contributed by atoms with Crippen LogP contribution in [0.3, 0.4) is 0 Å². The van der Waals surface area contributed by atoms with Crippen LogP contribution in [0.15, 0.2) is 60.8 Å². The highest BCUT2D eigenvalue weighted by atomic mass is 35.5. The molecular weight excluding hydrogens is 750 g/mol. The molecule has 2 aromatic heterocycles. The summed E-state index contributed by atoms with van der Waals surface area (Å²) < 4.78 is 14.4. The van der Waals surface area contributed by atoms with Gasteiger partial charge in [0.2, 0.25) is 17.7 Å². The number of amides is 5. The van der Waals surface area contributed by atoms with Gasteiger partial charge in [0, 0.05) is 74.8 Å². The summed E-state index contributed by atoms with van der Waals surface area (Å²) in [6.07, 6.45) is 7.65. The number of fused-ring (bicyclic) bond motifs is 1. The van der Waals surface area contributed by atoms with Crippen LogP contribution in [0.25, 0.3) is 10.9 Å². The maximum atomic E-state index is 13.3. The maximum absolute atomic E-state index is 13.3. The van der Waals surface area contributed by atoms with Crippen LogP contribution >= 0.6 is 11.6 Å². The van der Waals surface area contributed by atoms with Crippen molar-refractivity contribution in [1.29, 1.82) is 5.26 Å². The van der Waals surface area contributed by atoms with Crippen molar-refractivity contribution in [3.63, 3.8) is 0 Å². The second-order valence-electron chi connectivity index (χ2n) is 15.1. The fourth-order valence-electron chi connectivity index (χ4n) is 8.33. The standard InChI is InChI=1S/C41H44ClN9O6/c42-33-22-30(7-4-26(33)23-43)56-29-8-5-27(6-9-29)44-40(54)34-10-11-38(47-46-34)57-31-14-19-49(24-31)39(53)25-48-17-12-28(13-18-48)50-20-15-32-35(50)2-1-3-36(32)51-21-16-37(52)45-41(51)55/h1-4,7,10-11,15,20,22,27-29,31H,5-6,8-9,12-14,16-19,21,24-25H2,(H,44,54)(H,45,52,55)/t27?,29?,31-/m0/s1. The van der Waals surface area contributed by atoms with Gasteiger partial charge in [-0.25, -0.2) is 4.79 Å². The van der Waals surface area contributed by atoms with E-state index in [2.05, 4.69) is 42.6 Å². The van der Waals surface area contributed by atoms with Crippen LogP contribution in [0.5, 0.6) is 11.6 Å². The minimum atomic E-state index is -0.392. The van der Waals surface area contributed by atoms with E-state index in [1.165, 1.54) is 0 Å².